The fourth-order valence-electron chi connectivity index (χ4n) is 2.92. The molecule has 0 saturated heterocycles. The summed E-state index contributed by atoms with van der Waals surface area (Å²) in [5, 5.41) is 7.92. The number of halogens is 1. The van der Waals surface area contributed by atoms with Gasteiger partial charge in [-0.2, -0.15) is 5.10 Å². The smallest absolute Gasteiger partial charge is 0.254 e. The van der Waals surface area contributed by atoms with Gasteiger partial charge in [-0.25, -0.2) is 4.68 Å². The predicted octanol–water partition coefficient (Wildman–Crippen LogP) is 4.59. The monoisotopic (exact) mass is 397 g/mol. The first kappa shape index (κ1) is 20.0. The highest BCUT2D eigenvalue weighted by molar-refractivity contribution is 6.30. The Morgan fingerprint density at radius 1 is 1.21 bits per heavy atom. The van der Waals surface area contributed by atoms with Gasteiger partial charge in [0, 0.05) is 11.6 Å². The number of ether oxygens (including phenoxy) is 1. The van der Waals surface area contributed by atoms with Crippen molar-refractivity contribution >= 4 is 17.5 Å². The van der Waals surface area contributed by atoms with Crippen LogP contribution in [0.25, 0.3) is 5.69 Å². The van der Waals surface area contributed by atoms with Crippen LogP contribution in [0.3, 0.4) is 0 Å². The molecule has 0 saturated carbocycles. The summed E-state index contributed by atoms with van der Waals surface area (Å²) in [6.07, 6.45) is 2.49. The van der Waals surface area contributed by atoms with Crippen LogP contribution in [0.5, 0.6) is 5.75 Å². The van der Waals surface area contributed by atoms with Gasteiger partial charge in [-0.15, -0.1) is 0 Å². The normalized spacial score (nSPS) is 10.9. The highest BCUT2D eigenvalue weighted by Gasteiger charge is 2.15. The van der Waals surface area contributed by atoms with Crippen molar-refractivity contribution in [2.45, 2.75) is 33.3 Å². The molecule has 1 aromatic heterocycles. The van der Waals surface area contributed by atoms with E-state index < -0.39 is 0 Å². The van der Waals surface area contributed by atoms with Crippen LogP contribution >= 0.6 is 11.6 Å². The van der Waals surface area contributed by atoms with E-state index in [1.54, 1.807) is 16.9 Å². The standard InChI is InChI=1S/C22H24ClN3O2/c1-15(2)28-20-9-7-17(8-10-20)11-12-24-22(27)21-14-25-26(16(21)3)19-6-4-5-18(23)13-19/h4-10,13-15H,11-12H2,1-3H3,(H,24,27). The molecule has 1 amide bonds. The lowest BCUT2D eigenvalue weighted by Crippen LogP contribution is -2.26. The lowest BCUT2D eigenvalue weighted by Gasteiger charge is -2.10. The van der Waals surface area contributed by atoms with Gasteiger partial charge in [0.2, 0.25) is 0 Å². The van der Waals surface area contributed by atoms with Crippen LogP contribution < -0.4 is 10.1 Å². The molecule has 0 bridgehead atoms. The van der Waals surface area contributed by atoms with E-state index >= 15 is 0 Å². The average Bonchev–Trinajstić information content (AvgIpc) is 3.04. The summed E-state index contributed by atoms with van der Waals surface area (Å²) < 4.78 is 7.36. The molecular formula is C22H24ClN3O2. The summed E-state index contributed by atoms with van der Waals surface area (Å²) in [5.41, 5.74) is 3.30. The molecule has 146 valence electrons. The molecular weight excluding hydrogens is 374 g/mol. The molecule has 0 atom stereocenters. The molecule has 0 aliphatic heterocycles. The van der Waals surface area contributed by atoms with Gasteiger partial charge in [0.15, 0.2) is 0 Å². The van der Waals surface area contributed by atoms with E-state index in [2.05, 4.69) is 10.4 Å². The molecule has 3 aromatic rings. The van der Waals surface area contributed by atoms with E-state index in [0.717, 1.165) is 29.1 Å². The van der Waals surface area contributed by atoms with Crippen LogP contribution in [-0.2, 0) is 6.42 Å². The Hall–Kier alpha value is -2.79. The Bertz CT molecular complexity index is 949. The zero-order valence-electron chi connectivity index (χ0n) is 16.3. The number of aromatic nitrogens is 2. The van der Waals surface area contributed by atoms with Crippen molar-refractivity contribution < 1.29 is 9.53 Å². The Morgan fingerprint density at radius 2 is 1.96 bits per heavy atom. The predicted molar refractivity (Wildman–Crippen MR) is 112 cm³/mol. The van der Waals surface area contributed by atoms with Crippen molar-refractivity contribution in [1.82, 2.24) is 15.1 Å². The Morgan fingerprint density at radius 3 is 2.64 bits per heavy atom. The fourth-order valence-corrected chi connectivity index (χ4v) is 3.11. The third-order valence-corrected chi connectivity index (χ3v) is 4.54. The van der Waals surface area contributed by atoms with Crippen LogP contribution in [0.15, 0.2) is 54.7 Å². The molecule has 3 rings (SSSR count). The first-order valence-corrected chi connectivity index (χ1v) is 9.66. The van der Waals surface area contributed by atoms with Crippen LogP contribution in [0.4, 0.5) is 0 Å². The molecule has 0 aliphatic rings. The summed E-state index contributed by atoms with van der Waals surface area (Å²) in [5.74, 6) is 0.720. The van der Waals surface area contributed by atoms with Crippen molar-refractivity contribution in [3.05, 3.63) is 76.6 Å². The van der Waals surface area contributed by atoms with Crippen molar-refractivity contribution in [2.24, 2.45) is 0 Å². The highest BCUT2D eigenvalue weighted by atomic mass is 35.5. The zero-order valence-corrected chi connectivity index (χ0v) is 17.0. The number of benzene rings is 2. The van der Waals surface area contributed by atoms with Crippen molar-refractivity contribution in [1.29, 1.82) is 0 Å². The average molecular weight is 398 g/mol. The molecule has 0 aliphatic carbocycles. The van der Waals surface area contributed by atoms with Crippen LogP contribution in [0.1, 0.15) is 35.5 Å². The molecule has 0 radical (unpaired) electrons. The van der Waals surface area contributed by atoms with E-state index in [0.29, 0.717) is 17.1 Å². The van der Waals surface area contributed by atoms with Gasteiger partial charge in [-0.3, -0.25) is 4.79 Å². The summed E-state index contributed by atoms with van der Waals surface area (Å²) in [6.45, 7) is 6.42. The van der Waals surface area contributed by atoms with Gasteiger partial charge in [0.05, 0.1) is 29.2 Å². The van der Waals surface area contributed by atoms with Gasteiger partial charge in [-0.05, 0) is 63.1 Å². The molecule has 6 heteroatoms. The maximum atomic E-state index is 12.5. The SMILES string of the molecule is Cc1c(C(=O)NCCc2ccc(OC(C)C)cc2)cnn1-c1cccc(Cl)c1. The summed E-state index contributed by atoms with van der Waals surface area (Å²) in [7, 11) is 0. The Labute approximate surface area is 170 Å². The maximum Gasteiger partial charge on any atom is 0.254 e. The molecule has 5 nitrogen and oxygen atoms in total. The molecule has 28 heavy (non-hydrogen) atoms. The quantitative estimate of drug-likeness (QED) is 0.634. The molecule has 1 heterocycles. The number of amides is 1. The largest absolute Gasteiger partial charge is 0.491 e. The van der Waals surface area contributed by atoms with Crippen molar-refractivity contribution in [2.75, 3.05) is 6.54 Å². The van der Waals surface area contributed by atoms with Crippen LogP contribution in [-0.4, -0.2) is 28.3 Å². The number of nitrogens with one attached hydrogen (secondary N) is 1. The fraction of sp³-hybridized carbons (Fsp3) is 0.273. The Kier molecular flexibility index (Phi) is 6.37. The van der Waals surface area contributed by atoms with Gasteiger partial charge >= 0.3 is 0 Å². The number of hydrogen-bond acceptors (Lipinski definition) is 3. The molecule has 0 unspecified atom stereocenters. The highest BCUT2D eigenvalue weighted by Crippen LogP contribution is 2.18. The molecule has 2 aromatic carbocycles. The van der Waals surface area contributed by atoms with Gasteiger partial charge in [-0.1, -0.05) is 29.8 Å². The number of carbonyl (C=O) groups is 1. The zero-order chi connectivity index (χ0) is 20.1. The second kappa shape index (κ2) is 8.93. The van der Waals surface area contributed by atoms with E-state index in [9.17, 15) is 4.79 Å². The molecule has 0 spiro atoms. The lowest BCUT2D eigenvalue weighted by molar-refractivity contribution is 0.0953. The minimum Gasteiger partial charge on any atom is -0.491 e. The van der Waals surface area contributed by atoms with Gasteiger partial charge in [0.25, 0.3) is 5.91 Å². The number of rotatable bonds is 7. The first-order valence-electron chi connectivity index (χ1n) is 9.28. The van der Waals surface area contributed by atoms with E-state index in [4.69, 9.17) is 16.3 Å². The maximum absolute atomic E-state index is 12.5. The first-order chi connectivity index (χ1) is 13.4. The van der Waals surface area contributed by atoms with E-state index in [-0.39, 0.29) is 12.0 Å². The van der Waals surface area contributed by atoms with Crippen molar-refractivity contribution in [3.63, 3.8) is 0 Å². The summed E-state index contributed by atoms with van der Waals surface area (Å²) in [6, 6.07) is 15.3. The van der Waals surface area contributed by atoms with E-state index in [1.807, 2.05) is 63.2 Å². The second-order valence-electron chi connectivity index (χ2n) is 6.85. The van der Waals surface area contributed by atoms with Crippen LogP contribution in [0.2, 0.25) is 5.02 Å². The van der Waals surface area contributed by atoms with Gasteiger partial charge < -0.3 is 10.1 Å². The lowest BCUT2D eigenvalue weighted by atomic mass is 10.1. The number of nitrogens with zero attached hydrogens (tertiary/aromatic N) is 2. The molecule has 1 N–H and O–H groups in total. The third-order valence-electron chi connectivity index (χ3n) is 4.30. The van der Waals surface area contributed by atoms with Gasteiger partial charge in [0.1, 0.15) is 5.75 Å². The minimum atomic E-state index is -0.134. The summed E-state index contributed by atoms with van der Waals surface area (Å²) >= 11 is 6.05. The van der Waals surface area contributed by atoms with Crippen molar-refractivity contribution in [3.8, 4) is 11.4 Å². The topological polar surface area (TPSA) is 56.1 Å². The number of hydrogen-bond donors (Lipinski definition) is 1. The van der Waals surface area contributed by atoms with E-state index in [1.165, 1.54) is 0 Å². The number of carbonyl (C=O) groups excluding carboxylic acids is 1. The second-order valence-corrected chi connectivity index (χ2v) is 7.29. The Balaban J connectivity index is 1.58. The minimum absolute atomic E-state index is 0.134. The van der Waals surface area contributed by atoms with Crippen LogP contribution in [0, 0.1) is 6.92 Å². The molecule has 0 fully saturated rings. The third kappa shape index (κ3) is 4.93. The summed E-state index contributed by atoms with van der Waals surface area (Å²) in [4.78, 5) is 12.5.